The summed E-state index contributed by atoms with van der Waals surface area (Å²) in [4.78, 5) is 19.1. The van der Waals surface area contributed by atoms with Crippen LogP contribution in [0.25, 0.3) is 28.2 Å². The Kier molecular flexibility index (Phi) is 1.99. The summed E-state index contributed by atoms with van der Waals surface area (Å²) in [5.74, 6) is 0.585. The minimum atomic E-state index is -0.357. The van der Waals surface area contributed by atoms with Gasteiger partial charge in [-0.05, 0) is 35.0 Å². The number of benzene rings is 1. The van der Waals surface area contributed by atoms with Gasteiger partial charge in [0, 0.05) is 5.39 Å². The van der Waals surface area contributed by atoms with Crippen LogP contribution in [0.4, 0.5) is 0 Å². The maximum Gasteiger partial charge on any atom is 0.348 e. The molecule has 3 heterocycles. The predicted octanol–water partition coefficient (Wildman–Crippen LogP) is 0.0593. The van der Waals surface area contributed by atoms with Crippen LogP contribution in [0.5, 0.6) is 0 Å². The molecule has 98 valence electrons. The third-order valence-corrected chi connectivity index (χ3v) is 3.01. The number of fused-ring (bicyclic) bond motifs is 3. The zero-order valence-electron chi connectivity index (χ0n) is 10.3. The van der Waals surface area contributed by atoms with Crippen LogP contribution in [0.1, 0.15) is 5.56 Å². The lowest BCUT2D eigenvalue weighted by atomic mass is 10.2. The third-order valence-electron chi connectivity index (χ3n) is 3.01. The van der Waals surface area contributed by atoms with Crippen LogP contribution in [0, 0.1) is 6.92 Å². The van der Waals surface area contributed by atoms with Crippen molar-refractivity contribution >= 4 is 16.6 Å². The first-order valence-electron chi connectivity index (χ1n) is 5.86. The Hall–Kier alpha value is -3.10. The van der Waals surface area contributed by atoms with Gasteiger partial charge in [-0.2, -0.15) is 4.52 Å². The van der Waals surface area contributed by atoms with Crippen molar-refractivity contribution in [3.8, 4) is 11.6 Å². The van der Waals surface area contributed by atoms with E-state index >= 15 is 0 Å². The lowest BCUT2D eigenvalue weighted by Gasteiger charge is -2.00. The number of rotatable bonds is 1. The quantitative estimate of drug-likeness (QED) is 0.504. The van der Waals surface area contributed by atoms with E-state index in [1.165, 1.54) is 4.52 Å². The maximum absolute atomic E-state index is 12.0. The summed E-state index contributed by atoms with van der Waals surface area (Å²) in [7, 11) is 0. The fourth-order valence-corrected chi connectivity index (χ4v) is 2.11. The van der Waals surface area contributed by atoms with Gasteiger partial charge in [-0.25, -0.2) is 14.9 Å². The SMILES string of the molecule is Cc1ccc2c(c1)[nH]c(=O)n1nc(-c3nnn[nH]3)nc21. The molecule has 1 aromatic carbocycles. The van der Waals surface area contributed by atoms with Crippen LogP contribution in [-0.2, 0) is 0 Å². The first kappa shape index (κ1) is 10.8. The lowest BCUT2D eigenvalue weighted by Crippen LogP contribution is -2.17. The molecular formula is C11H8N8O. The maximum atomic E-state index is 12.0. The highest BCUT2D eigenvalue weighted by molar-refractivity contribution is 5.91. The highest BCUT2D eigenvalue weighted by Gasteiger charge is 2.14. The van der Waals surface area contributed by atoms with Crippen LogP contribution in [-0.4, -0.2) is 40.2 Å². The normalized spacial score (nSPS) is 11.4. The number of aromatic nitrogens is 8. The van der Waals surface area contributed by atoms with Crippen molar-refractivity contribution in [3.63, 3.8) is 0 Å². The molecule has 0 amide bonds. The molecule has 0 aliphatic rings. The van der Waals surface area contributed by atoms with Crippen LogP contribution >= 0.6 is 0 Å². The highest BCUT2D eigenvalue weighted by Crippen LogP contribution is 2.18. The molecule has 0 aliphatic heterocycles. The second-order valence-corrected chi connectivity index (χ2v) is 4.40. The number of nitrogens with zero attached hydrogens (tertiary/aromatic N) is 6. The number of tetrazole rings is 1. The van der Waals surface area contributed by atoms with Gasteiger partial charge >= 0.3 is 5.69 Å². The van der Waals surface area contributed by atoms with Gasteiger partial charge in [0.2, 0.25) is 11.6 Å². The predicted molar refractivity (Wildman–Crippen MR) is 69.0 cm³/mol. The van der Waals surface area contributed by atoms with Gasteiger partial charge in [0.05, 0.1) is 5.52 Å². The van der Waals surface area contributed by atoms with Crippen molar-refractivity contribution in [3.05, 3.63) is 34.2 Å². The van der Waals surface area contributed by atoms with Gasteiger partial charge < -0.3 is 4.98 Å². The first-order chi connectivity index (χ1) is 9.72. The second-order valence-electron chi connectivity index (χ2n) is 4.40. The third kappa shape index (κ3) is 1.43. The fraction of sp³-hybridized carbons (Fsp3) is 0.0909. The van der Waals surface area contributed by atoms with Gasteiger partial charge in [0.15, 0.2) is 5.65 Å². The van der Waals surface area contributed by atoms with E-state index in [-0.39, 0.29) is 11.5 Å². The summed E-state index contributed by atoms with van der Waals surface area (Å²) in [6.45, 7) is 1.96. The number of aromatic amines is 2. The fourth-order valence-electron chi connectivity index (χ4n) is 2.11. The van der Waals surface area contributed by atoms with Gasteiger partial charge in [-0.15, -0.1) is 10.2 Å². The van der Waals surface area contributed by atoms with Gasteiger partial charge in [0.25, 0.3) is 0 Å². The van der Waals surface area contributed by atoms with Crippen molar-refractivity contribution in [2.75, 3.05) is 0 Å². The van der Waals surface area contributed by atoms with E-state index in [1.807, 2.05) is 25.1 Å². The molecular weight excluding hydrogens is 260 g/mol. The van der Waals surface area contributed by atoms with E-state index in [0.29, 0.717) is 11.5 Å². The summed E-state index contributed by atoms with van der Waals surface area (Å²) in [6, 6.07) is 5.74. The molecule has 0 fully saturated rings. The summed E-state index contributed by atoms with van der Waals surface area (Å²) in [6.07, 6.45) is 0. The molecule has 2 N–H and O–H groups in total. The molecule has 9 heteroatoms. The van der Waals surface area contributed by atoms with Crippen LogP contribution < -0.4 is 5.69 Å². The zero-order valence-corrected chi connectivity index (χ0v) is 10.3. The Balaban J connectivity index is 2.13. The summed E-state index contributed by atoms with van der Waals surface area (Å²) in [5.41, 5.74) is 1.88. The second kappa shape index (κ2) is 3.70. The summed E-state index contributed by atoms with van der Waals surface area (Å²) >= 11 is 0. The molecule has 20 heavy (non-hydrogen) atoms. The molecule has 0 saturated carbocycles. The van der Waals surface area contributed by atoms with Crippen LogP contribution in [0.15, 0.2) is 23.0 Å². The molecule has 0 saturated heterocycles. The summed E-state index contributed by atoms with van der Waals surface area (Å²) < 4.78 is 1.20. The Labute approximate surface area is 110 Å². The Morgan fingerprint density at radius 3 is 3.00 bits per heavy atom. The molecule has 0 bridgehead atoms. The van der Waals surface area contributed by atoms with Crippen molar-refractivity contribution in [2.45, 2.75) is 6.92 Å². The van der Waals surface area contributed by atoms with E-state index in [1.54, 1.807) is 0 Å². The van der Waals surface area contributed by atoms with Crippen molar-refractivity contribution in [1.82, 2.24) is 40.2 Å². The molecule has 0 aliphatic carbocycles. The van der Waals surface area contributed by atoms with E-state index in [4.69, 9.17) is 0 Å². The molecule has 0 unspecified atom stereocenters. The van der Waals surface area contributed by atoms with E-state index in [0.717, 1.165) is 16.5 Å². The molecule has 4 rings (SSSR count). The Morgan fingerprint density at radius 2 is 2.20 bits per heavy atom. The van der Waals surface area contributed by atoms with Crippen LogP contribution in [0.2, 0.25) is 0 Å². The van der Waals surface area contributed by atoms with Crippen molar-refractivity contribution in [2.24, 2.45) is 0 Å². The number of hydrogen-bond donors (Lipinski definition) is 2. The number of hydrogen-bond acceptors (Lipinski definition) is 6. The topological polar surface area (TPSA) is 118 Å². The summed E-state index contributed by atoms with van der Waals surface area (Å²) in [5, 5.41) is 18.2. The molecule has 0 spiro atoms. The highest BCUT2D eigenvalue weighted by atomic mass is 16.1. The number of H-pyrrole nitrogens is 2. The first-order valence-corrected chi connectivity index (χ1v) is 5.86. The smallest absolute Gasteiger partial charge is 0.305 e. The molecule has 4 aromatic rings. The van der Waals surface area contributed by atoms with E-state index in [2.05, 4.69) is 35.7 Å². The average molecular weight is 268 g/mol. The molecule has 0 atom stereocenters. The Morgan fingerprint density at radius 1 is 1.30 bits per heavy atom. The number of aryl methyl sites for hydroxylation is 1. The Bertz CT molecular complexity index is 981. The van der Waals surface area contributed by atoms with Crippen molar-refractivity contribution in [1.29, 1.82) is 0 Å². The minimum Gasteiger partial charge on any atom is -0.305 e. The lowest BCUT2D eigenvalue weighted by molar-refractivity contribution is 0.880. The monoisotopic (exact) mass is 268 g/mol. The van der Waals surface area contributed by atoms with Crippen molar-refractivity contribution < 1.29 is 0 Å². The van der Waals surface area contributed by atoms with Gasteiger partial charge in [-0.1, -0.05) is 6.07 Å². The van der Waals surface area contributed by atoms with E-state index < -0.39 is 0 Å². The largest absolute Gasteiger partial charge is 0.348 e. The molecule has 3 aromatic heterocycles. The zero-order chi connectivity index (χ0) is 13.7. The van der Waals surface area contributed by atoms with Crippen LogP contribution in [0.3, 0.4) is 0 Å². The molecule has 9 nitrogen and oxygen atoms in total. The molecule has 0 radical (unpaired) electrons. The van der Waals surface area contributed by atoms with E-state index in [9.17, 15) is 4.79 Å². The minimum absolute atomic E-state index is 0.272. The standard InChI is InChI=1S/C11H8N8O/c1-5-2-3-6-7(4-5)12-11(20)19-10(6)13-8(16-19)9-14-17-18-15-9/h2-4H,1H3,(H,12,20)(H,14,15,17,18). The van der Waals surface area contributed by atoms with Gasteiger partial charge in [-0.3, -0.25) is 0 Å². The average Bonchev–Trinajstić information content (AvgIpc) is 3.07. The number of nitrogens with one attached hydrogen (secondary N) is 2. The van der Waals surface area contributed by atoms with Gasteiger partial charge in [0.1, 0.15) is 0 Å².